The lowest BCUT2D eigenvalue weighted by Gasteiger charge is -2.13. The zero-order valence-corrected chi connectivity index (χ0v) is 18.0. The molecule has 0 aliphatic carbocycles. The van der Waals surface area contributed by atoms with Gasteiger partial charge in [0.2, 0.25) is 0 Å². The van der Waals surface area contributed by atoms with E-state index in [-0.39, 0.29) is 4.90 Å². The van der Waals surface area contributed by atoms with Crippen molar-refractivity contribution in [2.24, 2.45) is 0 Å². The van der Waals surface area contributed by atoms with E-state index in [0.29, 0.717) is 34.7 Å². The van der Waals surface area contributed by atoms with Crippen LogP contribution < -0.4 is 15.4 Å². The molecule has 0 aliphatic rings. The number of nitrogens with one attached hydrogen (secondary N) is 3. The van der Waals surface area contributed by atoms with Crippen LogP contribution in [0.1, 0.15) is 28.4 Å². The fourth-order valence-corrected chi connectivity index (χ4v) is 4.06. The second kappa shape index (κ2) is 9.32. The van der Waals surface area contributed by atoms with Gasteiger partial charge in [0.15, 0.2) is 0 Å². The zero-order chi connectivity index (χ0) is 22.4. The van der Waals surface area contributed by atoms with Gasteiger partial charge in [0.1, 0.15) is 0 Å². The van der Waals surface area contributed by atoms with Gasteiger partial charge >= 0.3 is 0 Å². The van der Waals surface area contributed by atoms with E-state index >= 15 is 0 Å². The van der Waals surface area contributed by atoms with Crippen LogP contribution in [0.3, 0.4) is 0 Å². The Morgan fingerprint density at radius 3 is 2.32 bits per heavy atom. The summed E-state index contributed by atoms with van der Waals surface area (Å²) in [5.74, 6) is -0.412. The molecule has 0 radical (unpaired) electrons. The number of amides is 1. The van der Waals surface area contributed by atoms with Crippen LogP contribution in [0.4, 0.5) is 17.1 Å². The molecule has 0 aliphatic heterocycles. The maximum absolute atomic E-state index is 12.7. The zero-order valence-electron chi connectivity index (χ0n) is 17.1. The van der Waals surface area contributed by atoms with Gasteiger partial charge in [-0.05, 0) is 67.9 Å². The van der Waals surface area contributed by atoms with Crippen molar-refractivity contribution in [1.29, 1.82) is 5.26 Å². The second-order valence-electron chi connectivity index (χ2n) is 6.80. The molecular weight excluding hydrogens is 412 g/mol. The number of carbonyl (C=O) groups excluding carboxylic acids is 1. The monoisotopic (exact) mass is 434 g/mol. The molecule has 1 amide bonds. The molecule has 0 fully saturated rings. The first kappa shape index (κ1) is 21.9. The maximum atomic E-state index is 12.7. The van der Waals surface area contributed by atoms with Crippen molar-refractivity contribution < 1.29 is 13.2 Å². The van der Waals surface area contributed by atoms with Crippen LogP contribution >= 0.6 is 0 Å². The van der Waals surface area contributed by atoms with E-state index in [1.54, 1.807) is 30.3 Å². The Morgan fingerprint density at radius 1 is 0.968 bits per heavy atom. The molecular formula is C23H22N4O3S. The number of nitrogens with zero attached hydrogens (tertiary/aromatic N) is 1. The molecule has 0 spiro atoms. The summed E-state index contributed by atoms with van der Waals surface area (Å²) in [6, 6.07) is 19.8. The quantitative estimate of drug-likeness (QED) is 0.512. The Bertz CT molecular complexity index is 1250. The van der Waals surface area contributed by atoms with E-state index in [9.17, 15) is 13.2 Å². The summed E-state index contributed by atoms with van der Waals surface area (Å²) in [6.45, 7) is 4.39. The summed E-state index contributed by atoms with van der Waals surface area (Å²) < 4.78 is 27.9. The van der Waals surface area contributed by atoms with Crippen LogP contribution in [0.25, 0.3) is 0 Å². The topological polar surface area (TPSA) is 111 Å². The lowest BCUT2D eigenvalue weighted by Crippen LogP contribution is -2.16. The molecule has 0 bridgehead atoms. The van der Waals surface area contributed by atoms with Gasteiger partial charge in [0.05, 0.1) is 33.6 Å². The number of sulfonamides is 1. The predicted molar refractivity (Wildman–Crippen MR) is 122 cm³/mol. The van der Waals surface area contributed by atoms with Crippen molar-refractivity contribution in [2.75, 3.05) is 21.9 Å². The fourth-order valence-electron chi connectivity index (χ4n) is 2.93. The van der Waals surface area contributed by atoms with Gasteiger partial charge in [0.25, 0.3) is 15.9 Å². The number of benzene rings is 3. The van der Waals surface area contributed by atoms with E-state index in [4.69, 9.17) is 5.26 Å². The Kier molecular flexibility index (Phi) is 6.58. The first-order valence-electron chi connectivity index (χ1n) is 9.62. The molecule has 158 valence electrons. The molecule has 31 heavy (non-hydrogen) atoms. The van der Waals surface area contributed by atoms with Gasteiger partial charge in [-0.1, -0.05) is 18.2 Å². The summed E-state index contributed by atoms with van der Waals surface area (Å²) in [4.78, 5) is 12.7. The molecule has 0 saturated heterocycles. The number of rotatable bonds is 7. The van der Waals surface area contributed by atoms with Crippen molar-refractivity contribution in [2.45, 2.75) is 18.7 Å². The molecule has 0 aromatic heterocycles. The summed E-state index contributed by atoms with van der Waals surface area (Å²) in [5, 5.41) is 15.0. The predicted octanol–water partition coefficient (Wildman–Crippen LogP) is 4.35. The summed E-state index contributed by atoms with van der Waals surface area (Å²) in [7, 11) is -3.79. The SMILES string of the molecule is CCNc1ccc(C#N)cc1NC(=O)c1ccc(S(=O)(=O)Nc2ccccc2C)cc1. The minimum atomic E-state index is -3.79. The highest BCUT2D eigenvalue weighted by Crippen LogP contribution is 2.24. The molecule has 3 aromatic rings. The number of hydrogen-bond donors (Lipinski definition) is 3. The van der Waals surface area contributed by atoms with E-state index in [2.05, 4.69) is 15.4 Å². The lowest BCUT2D eigenvalue weighted by molar-refractivity contribution is 0.102. The normalized spacial score (nSPS) is 10.7. The van der Waals surface area contributed by atoms with Crippen LogP contribution in [-0.4, -0.2) is 20.9 Å². The third-order valence-corrected chi connectivity index (χ3v) is 5.96. The molecule has 3 N–H and O–H groups in total. The largest absolute Gasteiger partial charge is 0.384 e. The third kappa shape index (κ3) is 5.21. The number of carbonyl (C=O) groups is 1. The molecule has 0 atom stereocenters. The minimum Gasteiger partial charge on any atom is -0.384 e. The lowest BCUT2D eigenvalue weighted by atomic mass is 10.1. The average molecular weight is 435 g/mol. The Balaban J connectivity index is 1.79. The average Bonchev–Trinajstić information content (AvgIpc) is 2.76. The van der Waals surface area contributed by atoms with Crippen molar-refractivity contribution in [3.63, 3.8) is 0 Å². The summed E-state index contributed by atoms with van der Waals surface area (Å²) in [5.41, 5.74) is 3.18. The molecule has 3 aromatic carbocycles. The number of nitriles is 1. The van der Waals surface area contributed by atoms with Crippen molar-refractivity contribution in [1.82, 2.24) is 0 Å². The van der Waals surface area contributed by atoms with E-state index < -0.39 is 15.9 Å². The van der Waals surface area contributed by atoms with Crippen LogP contribution in [0.5, 0.6) is 0 Å². The first-order valence-corrected chi connectivity index (χ1v) is 11.1. The molecule has 0 unspecified atom stereocenters. The van der Waals surface area contributed by atoms with Crippen LogP contribution in [0.2, 0.25) is 0 Å². The first-order chi connectivity index (χ1) is 14.8. The highest BCUT2D eigenvalue weighted by molar-refractivity contribution is 7.92. The van der Waals surface area contributed by atoms with Gasteiger partial charge in [-0.2, -0.15) is 5.26 Å². The van der Waals surface area contributed by atoms with Gasteiger partial charge in [-0.15, -0.1) is 0 Å². The van der Waals surface area contributed by atoms with E-state index in [1.807, 2.05) is 32.0 Å². The van der Waals surface area contributed by atoms with Crippen LogP contribution in [0.15, 0.2) is 71.6 Å². The number of para-hydroxylation sites is 1. The van der Waals surface area contributed by atoms with E-state index in [1.165, 1.54) is 24.3 Å². The highest BCUT2D eigenvalue weighted by atomic mass is 32.2. The number of hydrogen-bond acceptors (Lipinski definition) is 5. The number of aryl methyl sites for hydroxylation is 1. The second-order valence-corrected chi connectivity index (χ2v) is 8.48. The highest BCUT2D eigenvalue weighted by Gasteiger charge is 2.17. The minimum absolute atomic E-state index is 0.0483. The van der Waals surface area contributed by atoms with Gasteiger partial charge in [-0.25, -0.2) is 8.42 Å². The smallest absolute Gasteiger partial charge is 0.261 e. The molecule has 7 nitrogen and oxygen atoms in total. The molecule has 8 heteroatoms. The van der Waals surface area contributed by atoms with Crippen molar-refractivity contribution in [3.05, 3.63) is 83.4 Å². The van der Waals surface area contributed by atoms with Crippen LogP contribution in [0, 0.1) is 18.3 Å². The standard InChI is InChI=1S/C23H22N4O3S/c1-3-25-21-13-8-17(15-24)14-22(21)26-23(28)18-9-11-19(12-10-18)31(29,30)27-20-7-5-4-6-16(20)2/h4-14,25,27H,3H2,1-2H3,(H,26,28). The summed E-state index contributed by atoms with van der Waals surface area (Å²) >= 11 is 0. The van der Waals surface area contributed by atoms with Gasteiger partial charge in [-0.3, -0.25) is 9.52 Å². The van der Waals surface area contributed by atoms with Crippen molar-refractivity contribution >= 4 is 33.0 Å². The van der Waals surface area contributed by atoms with Gasteiger partial charge < -0.3 is 10.6 Å². The maximum Gasteiger partial charge on any atom is 0.261 e. The molecule has 0 heterocycles. The fraction of sp³-hybridized carbons (Fsp3) is 0.130. The van der Waals surface area contributed by atoms with E-state index in [0.717, 1.165) is 5.56 Å². The third-order valence-electron chi connectivity index (χ3n) is 4.58. The van der Waals surface area contributed by atoms with Crippen LogP contribution in [-0.2, 0) is 10.0 Å². The Morgan fingerprint density at radius 2 is 1.68 bits per heavy atom. The molecule has 3 rings (SSSR count). The molecule has 0 saturated carbocycles. The van der Waals surface area contributed by atoms with Gasteiger partial charge in [0, 0.05) is 12.1 Å². The van der Waals surface area contributed by atoms with Crippen molar-refractivity contribution in [3.8, 4) is 6.07 Å². The summed E-state index contributed by atoms with van der Waals surface area (Å²) in [6.07, 6.45) is 0. The number of anilines is 3. The Labute approximate surface area is 181 Å². The Hall–Kier alpha value is -3.83.